The molecule has 3 N–H and O–H groups in total. The minimum atomic E-state index is 0.359. The molecule has 18 heavy (non-hydrogen) atoms. The minimum Gasteiger partial charge on any atom is -0.271 e. The van der Waals surface area contributed by atoms with Gasteiger partial charge in [0.2, 0.25) is 0 Å². The number of nitrogens with zero attached hydrogens (tertiary/aromatic N) is 2. The summed E-state index contributed by atoms with van der Waals surface area (Å²) in [7, 11) is 0. The van der Waals surface area contributed by atoms with Crippen molar-refractivity contribution in [3.63, 3.8) is 0 Å². The zero-order chi connectivity index (χ0) is 13.1. The molecular weight excluding hydrogens is 224 g/mol. The van der Waals surface area contributed by atoms with E-state index in [-0.39, 0.29) is 0 Å². The molecule has 1 aromatic heterocycles. The Balaban J connectivity index is 2.00. The second-order valence-corrected chi connectivity index (χ2v) is 5.93. The fourth-order valence-corrected chi connectivity index (χ4v) is 3.10. The largest absolute Gasteiger partial charge is 0.271 e. The van der Waals surface area contributed by atoms with E-state index >= 15 is 0 Å². The van der Waals surface area contributed by atoms with Gasteiger partial charge in [0.25, 0.3) is 0 Å². The molecule has 0 saturated heterocycles. The van der Waals surface area contributed by atoms with Crippen LogP contribution in [0.5, 0.6) is 0 Å². The van der Waals surface area contributed by atoms with Gasteiger partial charge in [-0.3, -0.25) is 16.0 Å². The maximum Gasteiger partial charge on any atom is 0.0640 e. The topological polar surface area (TPSA) is 55.9 Å². The average molecular weight is 250 g/mol. The van der Waals surface area contributed by atoms with Crippen LogP contribution in [0.3, 0.4) is 0 Å². The Morgan fingerprint density at radius 2 is 2.28 bits per heavy atom. The summed E-state index contributed by atoms with van der Waals surface area (Å²) >= 11 is 0. The summed E-state index contributed by atoms with van der Waals surface area (Å²) in [4.78, 5) is 0. The van der Waals surface area contributed by atoms with E-state index in [1.807, 2.05) is 4.68 Å². The average Bonchev–Trinajstić information content (AvgIpc) is 2.95. The van der Waals surface area contributed by atoms with Crippen molar-refractivity contribution in [2.75, 3.05) is 0 Å². The van der Waals surface area contributed by atoms with Gasteiger partial charge in [-0.05, 0) is 38.2 Å². The van der Waals surface area contributed by atoms with Crippen LogP contribution in [0.2, 0.25) is 0 Å². The van der Waals surface area contributed by atoms with Gasteiger partial charge in [0.05, 0.1) is 5.69 Å². The molecule has 0 aromatic carbocycles. The Bertz CT molecular complexity index is 372. The molecule has 0 aliphatic heterocycles. The number of nitrogens with two attached hydrogens (primary N) is 1. The monoisotopic (exact) mass is 250 g/mol. The summed E-state index contributed by atoms with van der Waals surface area (Å²) in [5, 5.41) is 4.62. The normalized spacial score (nSPS) is 25.8. The fourth-order valence-electron chi connectivity index (χ4n) is 3.10. The highest BCUT2D eigenvalue weighted by molar-refractivity contribution is 5.03. The summed E-state index contributed by atoms with van der Waals surface area (Å²) in [6, 6.07) is 2.90. The van der Waals surface area contributed by atoms with Crippen LogP contribution >= 0.6 is 0 Å². The van der Waals surface area contributed by atoms with Gasteiger partial charge in [-0.15, -0.1) is 0 Å². The third kappa shape index (κ3) is 2.93. The third-order valence-corrected chi connectivity index (χ3v) is 4.28. The molecule has 4 nitrogen and oxygen atoms in total. The number of hydrogen-bond donors (Lipinski definition) is 2. The van der Waals surface area contributed by atoms with E-state index in [2.05, 4.69) is 43.6 Å². The zero-order valence-electron chi connectivity index (χ0n) is 11.8. The second-order valence-electron chi connectivity index (χ2n) is 5.93. The van der Waals surface area contributed by atoms with Crippen LogP contribution in [-0.2, 0) is 6.42 Å². The number of rotatable bonds is 5. The number of nitrogens with one attached hydrogen (secondary N) is 1. The lowest BCUT2D eigenvalue weighted by Crippen LogP contribution is -2.43. The number of aromatic nitrogens is 2. The lowest BCUT2D eigenvalue weighted by Gasteiger charge is -2.25. The molecule has 0 bridgehead atoms. The van der Waals surface area contributed by atoms with Crippen LogP contribution < -0.4 is 11.3 Å². The molecule has 0 spiro atoms. The number of hydrazine groups is 1. The molecular formula is C14H26N4. The Morgan fingerprint density at radius 1 is 1.50 bits per heavy atom. The van der Waals surface area contributed by atoms with Gasteiger partial charge in [-0.25, -0.2) is 0 Å². The summed E-state index contributed by atoms with van der Waals surface area (Å²) in [5.74, 6) is 7.21. The van der Waals surface area contributed by atoms with E-state index in [4.69, 9.17) is 5.84 Å². The molecule has 1 aliphatic rings. The van der Waals surface area contributed by atoms with E-state index in [1.165, 1.54) is 19.3 Å². The van der Waals surface area contributed by atoms with Crippen molar-refractivity contribution >= 4 is 0 Å². The summed E-state index contributed by atoms with van der Waals surface area (Å²) in [6.07, 6.45) is 6.96. The predicted octanol–water partition coefficient (Wildman–Crippen LogP) is 2.27. The third-order valence-electron chi connectivity index (χ3n) is 4.28. The summed E-state index contributed by atoms with van der Waals surface area (Å²) in [5.41, 5.74) is 4.16. The standard InChI is InChI=1S/C14H26N4/c1-10(2)18-8-7-12(17-18)9-14(16-15)13-6-4-5-11(13)3/h7-8,10-11,13-14,16H,4-6,9,15H2,1-3H3. The van der Waals surface area contributed by atoms with Crippen molar-refractivity contribution < 1.29 is 0 Å². The summed E-state index contributed by atoms with van der Waals surface area (Å²) in [6.45, 7) is 6.64. The molecule has 1 aliphatic carbocycles. The molecule has 102 valence electrons. The van der Waals surface area contributed by atoms with Crippen molar-refractivity contribution in [2.24, 2.45) is 17.7 Å². The van der Waals surface area contributed by atoms with Gasteiger partial charge in [0, 0.05) is 24.7 Å². The SMILES string of the molecule is CC1CCCC1C(Cc1ccn(C(C)C)n1)NN. The first-order chi connectivity index (χ1) is 8.61. The molecule has 3 unspecified atom stereocenters. The van der Waals surface area contributed by atoms with Crippen molar-refractivity contribution in [1.82, 2.24) is 15.2 Å². The molecule has 0 radical (unpaired) electrons. The molecule has 0 amide bonds. The molecule has 1 saturated carbocycles. The van der Waals surface area contributed by atoms with Gasteiger partial charge in [0.15, 0.2) is 0 Å². The Kier molecular flexibility index (Phi) is 4.40. The Morgan fingerprint density at radius 3 is 2.78 bits per heavy atom. The van der Waals surface area contributed by atoms with Crippen LogP contribution in [0.4, 0.5) is 0 Å². The van der Waals surface area contributed by atoms with Gasteiger partial charge in [-0.2, -0.15) is 5.10 Å². The van der Waals surface area contributed by atoms with E-state index in [0.717, 1.165) is 18.0 Å². The highest BCUT2D eigenvalue weighted by Crippen LogP contribution is 2.34. The molecule has 1 fully saturated rings. The molecule has 4 heteroatoms. The lowest BCUT2D eigenvalue weighted by atomic mass is 9.88. The first-order valence-electron chi connectivity index (χ1n) is 7.12. The van der Waals surface area contributed by atoms with E-state index < -0.39 is 0 Å². The maximum absolute atomic E-state index is 5.74. The van der Waals surface area contributed by atoms with Gasteiger partial charge >= 0.3 is 0 Å². The van der Waals surface area contributed by atoms with Gasteiger partial charge in [-0.1, -0.05) is 19.8 Å². The van der Waals surface area contributed by atoms with Crippen LogP contribution in [0.1, 0.15) is 51.8 Å². The van der Waals surface area contributed by atoms with Crippen molar-refractivity contribution in [3.05, 3.63) is 18.0 Å². The highest BCUT2D eigenvalue weighted by Gasteiger charge is 2.30. The van der Waals surface area contributed by atoms with Crippen molar-refractivity contribution in [1.29, 1.82) is 0 Å². The van der Waals surface area contributed by atoms with Crippen LogP contribution in [0.15, 0.2) is 12.3 Å². The number of hydrogen-bond acceptors (Lipinski definition) is 3. The quantitative estimate of drug-likeness (QED) is 0.622. The van der Waals surface area contributed by atoms with Crippen molar-refractivity contribution in [3.8, 4) is 0 Å². The van der Waals surface area contributed by atoms with Crippen LogP contribution in [-0.4, -0.2) is 15.8 Å². The second kappa shape index (κ2) is 5.85. The highest BCUT2D eigenvalue weighted by atomic mass is 15.3. The molecule has 1 heterocycles. The summed E-state index contributed by atoms with van der Waals surface area (Å²) < 4.78 is 2.01. The van der Waals surface area contributed by atoms with E-state index in [0.29, 0.717) is 18.0 Å². The van der Waals surface area contributed by atoms with E-state index in [1.54, 1.807) is 0 Å². The molecule has 2 rings (SSSR count). The van der Waals surface area contributed by atoms with Gasteiger partial charge in [0.1, 0.15) is 0 Å². The molecule has 1 aromatic rings. The first kappa shape index (κ1) is 13.6. The fraction of sp³-hybridized carbons (Fsp3) is 0.786. The van der Waals surface area contributed by atoms with Crippen LogP contribution in [0.25, 0.3) is 0 Å². The minimum absolute atomic E-state index is 0.359. The smallest absolute Gasteiger partial charge is 0.0640 e. The predicted molar refractivity (Wildman–Crippen MR) is 73.9 cm³/mol. The van der Waals surface area contributed by atoms with Crippen molar-refractivity contribution in [2.45, 2.75) is 58.5 Å². The van der Waals surface area contributed by atoms with Gasteiger partial charge < -0.3 is 0 Å². The molecule has 3 atom stereocenters. The maximum atomic E-state index is 5.74. The first-order valence-corrected chi connectivity index (χ1v) is 7.12. The Labute approximate surface area is 110 Å². The Hall–Kier alpha value is -0.870. The van der Waals surface area contributed by atoms with Crippen LogP contribution in [0, 0.1) is 11.8 Å². The lowest BCUT2D eigenvalue weighted by molar-refractivity contribution is 0.295. The van der Waals surface area contributed by atoms with E-state index in [9.17, 15) is 0 Å². The zero-order valence-corrected chi connectivity index (χ0v) is 11.8.